The van der Waals surface area contributed by atoms with Gasteiger partial charge in [0.15, 0.2) is 0 Å². The van der Waals surface area contributed by atoms with Crippen LogP contribution in [-0.4, -0.2) is 12.4 Å². The second-order valence-electron chi connectivity index (χ2n) is 3.63. The van der Waals surface area contributed by atoms with Gasteiger partial charge < -0.3 is 0 Å². The zero-order chi connectivity index (χ0) is 9.97. The molecule has 0 aromatic heterocycles. The first-order valence-corrected chi connectivity index (χ1v) is 5.78. The summed E-state index contributed by atoms with van der Waals surface area (Å²) < 4.78 is 0. The minimum atomic E-state index is 0.901. The number of nitrogens with zero attached hydrogens (tertiary/aromatic N) is 1. The summed E-state index contributed by atoms with van der Waals surface area (Å²) in [5.41, 5.74) is 4.01. The number of thioether (sulfide) groups is 1. The average Bonchev–Trinajstić information content (AvgIpc) is 2.62. The molecule has 1 aliphatic heterocycles. The van der Waals surface area contributed by atoms with Gasteiger partial charge in [-0.15, -0.1) is 11.8 Å². The summed E-state index contributed by atoms with van der Waals surface area (Å²) in [5, 5.41) is 4.30. The van der Waals surface area contributed by atoms with E-state index < -0.39 is 0 Å². The van der Waals surface area contributed by atoms with E-state index in [-0.39, 0.29) is 0 Å². The number of hydrogen-bond acceptors (Lipinski definition) is 1. The monoisotopic (exact) mass is 204 g/mol. The maximum atomic E-state index is 4.30. The normalized spacial score (nSPS) is 19.1. The number of aryl methyl sites for hydroxylation is 2. The van der Waals surface area contributed by atoms with Gasteiger partial charge in [0.2, 0.25) is 0 Å². The van der Waals surface area contributed by atoms with E-state index in [0.717, 1.165) is 12.4 Å². The summed E-state index contributed by atoms with van der Waals surface area (Å²) >= 11 is 1.84. The van der Waals surface area contributed by atoms with Crippen LogP contribution < -0.4 is 5.32 Å². The van der Waals surface area contributed by atoms with Gasteiger partial charge >= 0.3 is 0 Å². The summed E-state index contributed by atoms with van der Waals surface area (Å²) in [4.78, 5) is 1.39. The maximum absolute atomic E-state index is 4.30. The minimum absolute atomic E-state index is 0.901. The predicted molar refractivity (Wildman–Crippen MR) is 63.4 cm³/mol. The van der Waals surface area contributed by atoms with Crippen LogP contribution in [0.1, 0.15) is 16.7 Å². The van der Waals surface area contributed by atoms with Crippen LogP contribution in [0.25, 0.3) is 6.08 Å². The molecule has 1 heterocycles. The summed E-state index contributed by atoms with van der Waals surface area (Å²) in [5.74, 6) is 0.927. The second-order valence-corrected chi connectivity index (χ2v) is 4.70. The third kappa shape index (κ3) is 2.20. The molecule has 0 bridgehead atoms. The second kappa shape index (κ2) is 4.20. The highest BCUT2D eigenvalue weighted by atomic mass is 32.2. The molecule has 14 heavy (non-hydrogen) atoms. The first-order valence-electron chi connectivity index (χ1n) is 4.79. The SMILES string of the molecule is Cc1ccc(/C=C2\C[N]CS2)c(C)c1. The molecule has 2 heteroatoms. The largest absolute Gasteiger partial charge is 0.225 e. The molecule has 2 rings (SSSR count). The fraction of sp³-hybridized carbons (Fsp3) is 0.333. The molecular formula is C12H14NS. The van der Waals surface area contributed by atoms with E-state index in [1.807, 2.05) is 11.8 Å². The third-order valence-corrected chi connectivity index (χ3v) is 3.28. The molecule has 0 saturated carbocycles. The quantitative estimate of drug-likeness (QED) is 0.686. The van der Waals surface area contributed by atoms with Crippen molar-refractivity contribution in [2.75, 3.05) is 12.4 Å². The van der Waals surface area contributed by atoms with Crippen LogP contribution >= 0.6 is 11.8 Å². The van der Waals surface area contributed by atoms with E-state index in [2.05, 4.69) is 43.4 Å². The van der Waals surface area contributed by atoms with E-state index >= 15 is 0 Å². The standard InChI is InChI=1S/C12H14NS/c1-9-3-4-11(10(2)5-9)6-12-7-13-8-14-12/h3-6H,7-8H2,1-2H3/b12-6+. The molecule has 73 valence electrons. The van der Waals surface area contributed by atoms with Crippen LogP contribution in [0, 0.1) is 13.8 Å². The van der Waals surface area contributed by atoms with Crippen LogP contribution in [0.15, 0.2) is 23.1 Å². The molecular weight excluding hydrogens is 190 g/mol. The van der Waals surface area contributed by atoms with Crippen molar-refractivity contribution in [2.45, 2.75) is 13.8 Å². The van der Waals surface area contributed by atoms with Crippen LogP contribution in [0.2, 0.25) is 0 Å². The molecule has 1 nitrogen and oxygen atoms in total. The molecule has 1 saturated heterocycles. The number of hydrogen-bond donors (Lipinski definition) is 0. The molecule has 1 aliphatic rings. The Labute approximate surface area is 89.6 Å². The maximum Gasteiger partial charge on any atom is 0.0638 e. The molecule has 0 N–H and O–H groups in total. The molecule has 0 amide bonds. The molecule has 1 aromatic carbocycles. The van der Waals surface area contributed by atoms with E-state index in [9.17, 15) is 0 Å². The molecule has 0 atom stereocenters. The van der Waals surface area contributed by atoms with Crippen molar-refractivity contribution in [3.8, 4) is 0 Å². The van der Waals surface area contributed by atoms with Gasteiger partial charge in [-0.3, -0.25) is 0 Å². The first-order chi connectivity index (χ1) is 6.75. The van der Waals surface area contributed by atoms with Crippen LogP contribution in [-0.2, 0) is 0 Å². The smallest absolute Gasteiger partial charge is 0.0638 e. The lowest BCUT2D eigenvalue weighted by Crippen LogP contribution is -1.94. The van der Waals surface area contributed by atoms with Crippen molar-refractivity contribution in [3.05, 3.63) is 39.8 Å². The molecule has 0 spiro atoms. The van der Waals surface area contributed by atoms with Gasteiger partial charge in [0.25, 0.3) is 0 Å². The van der Waals surface area contributed by atoms with E-state index in [0.29, 0.717) is 0 Å². The Kier molecular flexibility index (Phi) is 2.94. The predicted octanol–water partition coefficient (Wildman–Crippen LogP) is 2.95. The van der Waals surface area contributed by atoms with Gasteiger partial charge in [0, 0.05) is 11.4 Å². The zero-order valence-corrected chi connectivity index (χ0v) is 9.40. The molecule has 0 aliphatic carbocycles. The van der Waals surface area contributed by atoms with Gasteiger partial charge in [-0.25, -0.2) is 5.32 Å². The van der Waals surface area contributed by atoms with Crippen molar-refractivity contribution in [2.24, 2.45) is 0 Å². The van der Waals surface area contributed by atoms with Crippen molar-refractivity contribution < 1.29 is 0 Å². The molecule has 1 fully saturated rings. The van der Waals surface area contributed by atoms with Crippen LogP contribution in [0.3, 0.4) is 0 Å². The summed E-state index contributed by atoms with van der Waals surface area (Å²) in [7, 11) is 0. The van der Waals surface area contributed by atoms with Gasteiger partial charge in [0.1, 0.15) is 0 Å². The summed E-state index contributed by atoms with van der Waals surface area (Å²) in [6.45, 7) is 5.19. The highest BCUT2D eigenvalue weighted by Crippen LogP contribution is 2.24. The third-order valence-electron chi connectivity index (χ3n) is 2.35. The fourth-order valence-electron chi connectivity index (χ4n) is 1.58. The van der Waals surface area contributed by atoms with Crippen molar-refractivity contribution in [1.29, 1.82) is 0 Å². The Hall–Kier alpha value is -0.730. The van der Waals surface area contributed by atoms with Crippen molar-refractivity contribution in [3.63, 3.8) is 0 Å². The Morgan fingerprint density at radius 1 is 1.36 bits per heavy atom. The Morgan fingerprint density at radius 2 is 2.21 bits per heavy atom. The molecule has 1 aromatic rings. The lowest BCUT2D eigenvalue weighted by Gasteiger charge is -2.02. The zero-order valence-electron chi connectivity index (χ0n) is 8.58. The Balaban J connectivity index is 2.28. The Morgan fingerprint density at radius 3 is 2.86 bits per heavy atom. The van der Waals surface area contributed by atoms with Crippen molar-refractivity contribution in [1.82, 2.24) is 5.32 Å². The van der Waals surface area contributed by atoms with Gasteiger partial charge in [-0.2, -0.15) is 0 Å². The highest BCUT2D eigenvalue weighted by molar-refractivity contribution is 8.03. The number of benzene rings is 1. The Bertz CT molecular complexity index is 361. The van der Waals surface area contributed by atoms with Gasteiger partial charge in [0.05, 0.1) is 5.88 Å². The lowest BCUT2D eigenvalue weighted by molar-refractivity contribution is 0.895. The minimum Gasteiger partial charge on any atom is -0.225 e. The lowest BCUT2D eigenvalue weighted by atomic mass is 10.1. The number of rotatable bonds is 1. The topological polar surface area (TPSA) is 14.1 Å². The van der Waals surface area contributed by atoms with Crippen LogP contribution in [0.5, 0.6) is 0 Å². The average molecular weight is 204 g/mol. The highest BCUT2D eigenvalue weighted by Gasteiger charge is 2.07. The molecule has 1 radical (unpaired) electrons. The van der Waals surface area contributed by atoms with Crippen molar-refractivity contribution >= 4 is 17.8 Å². The van der Waals surface area contributed by atoms with E-state index in [4.69, 9.17) is 0 Å². The van der Waals surface area contributed by atoms with E-state index in [1.54, 1.807) is 0 Å². The summed E-state index contributed by atoms with van der Waals surface area (Å²) in [6, 6.07) is 6.58. The summed E-state index contributed by atoms with van der Waals surface area (Å²) in [6.07, 6.45) is 2.26. The fourth-order valence-corrected chi connectivity index (χ4v) is 2.32. The van der Waals surface area contributed by atoms with Gasteiger partial charge in [-0.1, -0.05) is 23.8 Å². The van der Waals surface area contributed by atoms with Gasteiger partial charge in [-0.05, 0) is 31.1 Å². The molecule has 0 unspecified atom stereocenters. The van der Waals surface area contributed by atoms with E-state index in [1.165, 1.54) is 21.6 Å². The first kappa shape index (κ1) is 9.81. The van der Waals surface area contributed by atoms with Crippen LogP contribution in [0.4, 0.5) is 0 Å².